The van der Waals surface area contributed by atoms with Crippen molar-refractivity contribution in [3.63, 3.8) is 0 Å². The molecule has 8 heteroatoms. The van der Waals surface area contributed by atoms with Crippen LogP contribution in [-0.2, 0) is 16.6 Å². The minimum Gasteiger partial charge on any atom is -0.363 e. The third-order valence-electron chi connectivity index (χ3n) is 2.57. The molecule has 2 N–H and O–H groups in total. The molecule has 0 aliphatic carbocycles. The third kappa shape index (κ3) is 4.99. The molecule has 0 aromatic carbocycles. The highest BCUT2D eigenvalue weighted by Gasteiger charge is 2.09. The van der Waals surface area contributed by atoms with E-state index in [-0.39, 0.29) is 11.6 Å². The molecule has 0 unspecified atom stereocenters. The molecule has 0 bridgehead atoms. The molecule has 2 heterocycles. The minimum absolute atomic E-state index is 0.0638. The van der Waals surface area contributed by atoms with E-state index in [9.17, 15) is 8.42 Å². The largest absolute Gasteiger partial charge is 0.363 e. The Morgan fingerprint density at radius 2 is 1.86 bits per heavy atom. The van der Waals surface area contributed by atoms with E-state index in [1.54, 1.807) is 25.3 Å². The van der Waals surface area contributed by atoms with Crippen molar-refractivity contribution in [3.05, 3.63) is 42.2 Å². The van der Waals surface area contributed by atoms with Gasteiger partial charge in [-0.05, 0) is 30.7 Å². The highest BCUT2D eigenvalue weighted by atomic mass is 32.2. The van der Waals surface area contributed by atoms with Gasteiger partial charge in [-0.1, -0.05) is 13.0 Å². The Hall–Kier alpha value is -2.22. The lowest BCUT2D eigenvalue weighted by Gasteiger charge is -2.07. The van der Waals surface area contributed by atoms with Crippen molar-refractivity contribution in [2.75, 3.05) is 15.8 Å². The fraction of sp³-hybridized carbons (Fsp3) is 0.308. The molecule has 7 nitrogen and oxygen atoms in total. The lowest BCUT2D eigenvalue weighted by molar-refractivity contribution is 0.599. The van der Waals surface area contributed by atoms with E-state index >= 15 is 0 Å². The van der Waals surface area contributed by atoms with E-state index in [4.69, 9.17) is 0 Å². The zero-order valence-corrected chi connectivity index (χ0v) is 12.5. The number of sulfonamides is 1. The van der Waals surface area contributed by atoms with Gasteiger partial charge in [-0.25, -0.2) is 8.42 Å². The SMILES string of the molecule is CCCS(=O)(=O)Nc1ccc(NCc2ccccn2)nn1. The standard InChI is InChI=1S/C13H17N5O2S/c1-2-9-21(19,20)18-13-7-6-12(16-17-13)15-10-11-5-3-4-8-14-11/h3-8H,2,9-10H2,1H3,(H,15,16)(H,17,18). The second kappa shape index (κ2) is 6.98. The van der Waals surface area contributed by atoms with Crippen molar-refractivity contribution in [1.82, 2.24) is 15.2 Å². The van der Waals surface area contributed by atoms with Gasteiger partial charge in [0.25, 0.3) is 0 Å². The zero-order valence-electron chi connectivity index (χ0n) is 11.7. The van der Waals surface area contributed by atoms with Crippen LogP contribution in [0.2, 0.25) is 0 Å². The number of rotatable bonds is 7. The first-order chi connectivity index (χ1) is 10.1. The summed E-state index contributed by atoms with van der Waals surface area (Å²) in [6, 6.07) is 8.89. The Bertz CT molecular complexity index is 659. The van der Waals surface area contributed by atoms with Crippen molar-refractivity contribution in [2.24, 2.45) is 0 Å². The number of nitrogens with one attached hydrogen (secondary N) is 2. The van der Waals surface area contributed by atoms with Gasteiger partial charge in [-0.2, -0.15) is 0 Å². The van der Waals surface area contributed by atoms with Gasteiger partial charge in [0.2, 0.25) is 10.0 Å². The van der Waals surface area contributed by atoms with Crippen LogP contribution in [0, 0.1) is 0 Å². The fourth-order valence-corrected chi connectivity index (χ4v) is 2.71. The molecule has 2 rings (SSSR count). The van der Waals surface area contributed by atoms with Gasteiger partial charge in [0.1, 0.15) is 5.82 Å². The first kappa shape index (κ1) is 15.2. The van der Waals surface area contributed by atoms with Gasteiger partial charge in [-0.15, -0.1) is 10.2 Å². The normalized spacial score (nSPS) is 11.1. The summed E-state index contributed by atoms with van der Waals surface area (Å²) in [6.07, 6.45) is 2.26. The summed E-state index contributed by atoms with van der Waals surface area (Å²) in [6.45, 7) is 2.33. The van der Waals surface area contributed by atoms with Crippen LogP contribution in [0.15, 0.2) is 36.5 Å². The van der Waals surface area contributed by atoms with Crippen LogP contribution in [0.5, 0.6) is 0 Å². The Labute approximate surface area is 123 Å². The van der Waals surface area contributed by atoms with Crippen molar-refractivity contribution < 1.29 is 8.42 Å². The second-order valence-corrected chi connectivity index (χ2v) is 6.24. The summed E-state index contributed by atoms with van der Waals surface area (Å²) in [5.41, 5.74) is 0.882. The lowest BCUT2D eigenvalue weighted by atomic mass is 10.3. The highest BCUT2D eigenvalue weighted by Crippen LogP contribution is 2.09. The van der Waals surface area contributed by atoms with Crippen LogP contribution in [0.25, 0.3) is 0 Å². The summed E-state index contributed by atoms with van der Waals surface area (Å²) < 4.78 is 25.6. The van der Waals surface area contributed by atoms with Crippen LogP contribution < -0.4 is 10.0 Å². The maximum absolute atomic E-state index is 11.6. The van der Waals surface area contributed by atoms with Gasteiger partial charge in [-0.3, -0.25) is 9.71 Å². The Balaban J connectivity index is 1.93. The van der Waals surface area contributed by atoms with Crippen LogP contribution in [0.1, 0.15) is 19.0 Å². The van der Waals surface area contributed by atoms with E-state index < -0.39 is 10.0 Å². The van der Waals surface area contributed by atoms with Gasteiger partial charge in [0.05, 0.1) is 18.0 Å². The molecule has 0 aliphatic heterocycles. The molecular weight excluding hydrogens is 290 g/mol. The van der Waals surface area contributed by atoms with Crippen LogP contribution >= 0.6 is 0 Å². The van der Waals surface area contributed by atoms with E-state index in [1.807, 2.05) is 18.2 Å². The van der Waals surface area contributed by atoms with E-state index in [0.29, 0.717) is 18.8 Å². The maximum Gasteiger partial charge on any atom is 0.233 e. The van der Waals surface area contributed by atoms with Crippen LogP contribution in [0.3, 0.4) is 0 Å². The lowest BCUT2D eigenvalue weighted by Crippen LogP contribution is -2.17. The number of anilines is 2. The molecule has 2 aromatic rings. The summed E-state index contributed by atoms with van der Waals surface area (Å²) in [4.78, 5) is 4.18. The number of pyridine rings is 1. The molecule has 0 aliphatic rings. The van der Waals surface area contributed by atoms with Crippen molar-refractivity contribution in [2.45, 2.75) is 19.9 Å². The van der Waals surface area contributed by atoms with Gasteiger partial charge < -0.3 is 5.32 Å². The maximum atomic E-state index is 11.6. The molecule has 0 amide bonds. The van der Waals surface area contributed by atoms with Crippen molar-refractivity contribution >= 4 is 21.7 Å². The van der Waals surface area contributed by atoms with Crippen LogP contribution in [-0.4, -0.2) is 29.4 Å². The van der Waals surface area contributed by atoms with E-state index in [0.717, 1.165) is 5.69 Å². The molecule has 21 heavy (non-hydrogen) atoms. The number of aromatic nitrogens is 3. The first-order valence-electron chi connectivity index (χ1n) is 6.57. The van der Waals surface area contributed by atoms with Crippen molar-refractivity contribution in [1.29, 1.82) is 0 Å². The molecule has 0 saturated carbocycles. The molecule has 112 valence electrons. The monoisotopic (exact) mass is 307 g/mol. The highest BCUT2D eigenvalue weighted by molar-refractivity contribution is 7.92. The minimum atomic E-state index is -3.34. The van der Waals surface area contributed by atoms with E-state index in [2.05, 4.69) is 25.2 Å². The summed E-state index contributed by atoms with van der Waals surface area (Å²) in [5.74, 6) is 0.833. The number of nitrogens with zero attached hydrogens (tertiary/aromatic N) is 3. The molecule has 0 radical (unpaired) electrons. The van der Waals surface area contributed by atoms with Gasteiger partial charge >= 0.3 is 0 Å². The summed E-state index contributed by atoms with van der Waals surface area (Å²) in [5, 5.41) is 10.8. The number of hydrogen-bond donors (Lipinski definition) is 2. The first-order valence-corrected chi connectivity index (χ1v) is 8.22. The smallest absolute Gasteiger partial charge is 0.233 e. The summed E-state index contributed by atoms with van der Waals surface area (Å²) in [7, 11) is -3.34. The average molecular weight is 307 g/mol. The topological polar surface area (TPSA) is 96.9 Å². The average Bonchev–Trinajstić information content (AvgIpc) is 2.47. The van der Waals surface area contributed by atoms with Gasteiger partial charge in [0, 0.05) is 6.20 Å². The third-order valence-corrected chi connectivity index (χ3v) is 4.04. The predicted octanol–water partition coefficient (Wildman–Crippen LogP) is 1.64. The Morgan fingerprint density at radius 3 is 2.48 bits per heavy atom. The number of hydrogen-bond acceptors (Lipinski definition) is 6. The molecule has 0 atom stereocenters. The molecular formula is C13H17N5O2S. The van der Waals surface area contributed by atoms with Crippen molar-refractivity contribution in [3.8, 4) is 0 Å². The molecule has 0 fully saturated rings. The van der Waals surface area contributed by atoms with E-state index in [1.165, 1.54) is 0 Å². The Morgan fingerprint density at radius 1 is 1.10 bits per heavy atom. The second-order valence-electron chi connectivity index (χ2n) is 4.40. The quantitative estimate of drug-likeness (QED) is 0.807. The zero-order chi connectivity index (χ0) is 15.1. The Kier molecular flexibility index (Phi) is 5.04. The molecule has 0 saturated heterocycles. The fourth-order valence-electron chi connectivity index (χ4n) is 1.64. The predicted molar refractivity (Wildman–Crippen MR) is 81.3 cm³/mol. The molecule has 2 aromatic heterocycles. The van der Waals surface area contributed by atoms with Crippen LogP contribution in [0.4, 0.5) is 11.6 Å². The molecule has 0 spiro atoms. The summed E-state index contributed by atoms with van der Waals surface area (Å²) >= 11 is 0. The van der Waals surface area contributed by atoms with Gasteiger partial charge in [0.15, 0.2) is 5.82 Å².